The molecule has 2 heterocycles. The van der Waals surface area contributed by atoms with Gasteiger partial charge >= 0.3 is 0 Å². The van der Waals surface area contributed by atoms with E-state index in [1.54, 1.807) is 0 Å². The van der Waals surface area contributed by atoms with E-state index in [1.807, 2.05) is 0 Å². The van der Waals surface area contributed by atoms with Gasteiger partial charge in [-0.3, -0.25) is 0 Å². The fourth-order valence-electron chi connectivity index (χ4n) is 2.96. The van der Waals surface area contributed by atoms with Crippen LogP contribution in [0.1, 0.15) is 25.7 Å². The minimum Gasteiger partial charge on any atom is -0.314 e. The molecular weight excluding hydrogens is 198 g/mol. The number of nitrogens with zero attached hydrogens (tertiary/aromatic N) is 2. The van der Waals surface area contributed by atoms with Crippen LogP contribution in [0.4, 0.5) is 0 Å². The molecule has 0 aliphatic carbocycles. The second-order valence-electron chi connectivity index (χ2n) is 5.66. The summed E-state index contributed by atoms with van der Waals surface area (Å²) in [5, 5.41) is 3.51. The summed E-state index contributed by atoms with van der Waals surface area (Å²) in [6.07, 6.45) is 5.66. The summed E-state index contributed by atoms with van der Waals surface area (Å²) in [5.41, 5.74) is 0. The van der Waals surface area contributed by atoms with E-state index in [9.17, 15) is 0 Å². The lowest BCUT2D eigenvalue weighted by Gasteiger charge is -2.35. The highest BCUT2D eigenvalue weighted by Gasteiger charge is 2.21. The van der Waals surface area contributed by atoms with Gasteiger partial charge in [0, 0.05) is 25.7 Å². The lowest BCUT2D eigenvalue weighted by Crippen LogP contribution is -2.49. The van der Waals surface area contributed by atoms with Crippen LogP contribution in [0.25, 0.3) is 0 Å². The molecule has 2 aliphatic heterocycles. The van der Waals surface area contributed by atoms with Crippen molar-refractivity contribution in [1.82, 2.24) is 15.1 Å². The van der Waals surface area contributed by atoms with Crippen LogP contribution in [-0.2, 0) is 0 Å². The van der Waals surface area contributed by atoms with Gasteiger partial charge in [-0.15, -0.1) is 0 Å². The van der Waals surface area contributed by atoms with Crippen LogP contribution in [0, 0.1) is 5.92 Å². The van der Waals surface area contributed by atoms with Crippen LogP contribution >= 0.6 is 0 Å². The minimum atomic E-state index is 0.786. The molecule has 1 unspecified atom stereocenters. The average Bonchev–Trinajstić information content (AvgIpc) is 2.30. The first kappa shape index (κ1) is 12.3. The summed E-state index contributed by atoms with van der Waals surface area (Å²) in [6, 6.07) is 0.786. The number of nitrogens with one attached hydrogen (secondary N) is 1. The van der Waals surface area contributed by atoms with Gasteiger partial charge in [0.05, 0.1) is 0 Å². The van der Waals surface area contributed by atoms with E-state index in [2.05, 4.69) is 29.2 Å². The fourth-order valence-corrected chi connectivity index (χ4v) is 2.96. The monoisotopic (exact) mass is 225 g/mol. The van der Waals surface area contributed by atoms with Crippen molar-refractivity contribution in [2.45, 2.75) is 31.7 Å². The van der Waals surface area contributed by atoms with E-state index >= 15 is 0 Å². The number of hydrogen-bond acceptors (Lipinski definition) is 3. The van der Waals surface area contributed by atoms with E-state index in [-0.39, 0.29) is 0 Å². The van der Waals surface area contributed by atoms with Gasteiger partial charge in [0.2, 0.25) is 0 Å². The van der Waals surface area contributed by atoms with Gasteiger partial charge in [-0.1, -0.05) is 0 Å². The molecule has 1 N–H and O–H groups in total. The van der Waals surface area contributed by atoms with Gasteiger partial charge in [-0.25, -0.2) is 0 Å². The Kier molecular flexibility index (Phi) is 4.62. The van der Waals surface area contributed by atoms with Crippen LogP contribution in [0.3, 0.4) is 0 Å². The lowest BCUT2D eigenvalue weighted by atomic mass is 9.90. The van der Waals surface area contributed by atoms with Gasteiger partial charge in [0.1, 0.15) is 0 Å². The lowest BCUT2D eigenvalue weighted by molar-refractivity contribution is 0.162. The van der Waals surface area contributed by atoms with Crippen molar-refractivity contribution in [1.29, 1.82) is 0 Å². The molecule has 94 valence electrons. The van der Waals surface area contributed by atoms with Gasteiger partial charge < -0.3 is 15.1 Å². The van der Waals surface area contributed by atoms with Crippen molar-refractivity contribution in [3.8, 4) is 0 Å². The van der Waals surface area contributed by atoms with Crippen molar-refractivity contribution in [3.63, 3.8) is 0 Å². The molecule has 2 fully saturated rings. The van der Waals surface area contributed by atoms with Crippen molar-refractivity contribution in [2.24, 2.45) is 5.92 Å². The highest BCUT2D eigenvalue weighted by atomic mass is 15.2. The van der Waals surface area contributed by atoms with Crippen LogP contribution in [0.5, 0.6) is 0 Å². The molecule has 0 radical (unpaired) electrons. The van der Waals surface area contributed by atoms with E-state index in [0.29, 0.717) is 0 Å². The van der Waals surface area contributed by atoms with Gasteiger partial charge in [-0.05, 0) is 58.8 Å². The molecule has 0 spiro atoms. The number of piperazine rings is 1. The molecule has 3 heteroatoms. The third-order valence-corrected chi connectivity index (χ3v) is 4.39. The fraction of sp³-hybridized carbons (Fsp3) is 1.00. The quantitative estimate of drug-likeness (QED) is 0.773. The molecule has 2 saturated heterocycles. The van der Waals surface area contributed by atoms with Crippen LogP contribution in [0.2, 0.25) is 0 Å². The zero-order valence-electron chi connectivity index (χ0n) is 10.9. The molecule has 3 nitrogen and oxygen atoms in total. The van der Waals surface area contributed by atoms with Crippen molar-refractivity contribution < 1.29 is 0 Å². The number of likely N-dealkylation sites (tertiary alicyclic amines) is 1. The summed E-state index contributed by atoms with van der Waals surface area (Å²) in [7, 11) is 4.52. The van der Waals surface area contributed by atoms with Gasteiger partial charge in [-0.2, -0.15) is 0 Å². The molecule has 0 aromatic carbocycles. The van der Waals surface area contributed by atoms with Crippen molar-refractivity contribution in [3.05, 3.63) is 0 Å². The second kappa shape index (κ2) is 5.99. The molecule has 0 aromatic heterocycles. The van der Waals surface area contributed by atoms with Crippen LogP contribution < -0.4 is 5.32 Å². The first-order valence-corrected chi connectivity index (χ1v) is 6.85. The molecule has 1 atom stereocenters. The molecular formula is C13H27N3. The van der Waals surface area contributed by atoms with Crippen LogP contribution in [0.15, 0.2) is 0 Å². The SMILES string of the molecule is CN1CCC(CCC2CNCCN2C)CC1. The molecule has 0 saturated carbocycles. The van der Waals surface area contributed by atoms with E-state index < -0.39 is 0 Å². The third kappa shape index (κ3) is 3.44. The van der Waals surface area contributed by atoms with E-state index in [0.717, 1.165) is 12.0 Å². The summed E-state index contributed by atoms with van der Waals surface area (Å²) >= 11 is 0. The van der Waals surface area contributed by atoms with Crippen LogP contribution in [-0.4, -0.2) is 62.7 Å². The first-order valence-electron chi connectivity index (χ1n) is 6.85. The number of hydrogen-bond donors (Lipinski definition) is 1. The average molecular weight is 225 g/mol. The van der Waals surface area contributed by atoms with Crippen molar-refractivity contribution in [2.75, 3.05) is 46.8 Å². The summed E-state index contributed by atoms with van der Waals surface area (Å²) in [5.74, 6) is 0.992. The Labute approximate surface area is 100 Å². The number of piperidine rings is 1. The summed E-state index contributed by atoms with van der Waals surface area (Å²) in [6.45, 7) is 6.20. The maximum atomic E-state index is 3.51. The summed E-state index contributed by atoms with van der Waals surface area (Å²) < 4.78 is 0. The Morgan fingerprint density at radius 3 is 2.50 bits per heavy atom. The second-order valence-corrected chi connectivity index (χ2v) is 5.66. The predicted molar refractivity (Wildman–Crippen MR) is 68.7 cm³/mol. The first-order chi connectivity index (χ1) is 7.75. The Hall–Kier alpha value is -0.120. The number of rotatable bonds is 3. The Balaban J connectivity index is 1.66. The highest BCUT2D eigenvalue weighted by Crippen LogP contribution is 2.22. The maximum Gasteiger partial charge on any atom is 0.0218 e. The van der Waals surface area contributed by atoms with E-state index in [4.69, 9.17) is 0 Å². The molecule has 0 bridgehead atoms. The smallest absolute Gasteiger partial charge is 0.0218 e. The van der Waals surface area contributed by atoms with Crippen molar-refractivity contribution >= 4 is 0 Å². The van der Waals surface area contributed by atoms with Gasteiger partial charge in [0.25, 0.3) is 0 Å². The van der Waals surface area contributed by atoms with E-state index in [1.165, 1.54) is 58.4 Å². The third-order valence-electron chi connectivity index (χ3n) is 4.39. The Morgan fingerprint density at radius 2 is 1.81 bits per heavy atom. The molecule has 16 heavy (non-hydrogen) atoms. The number of likely N-dealkylation sites (N-methyl/N-ethyl adjacent to an activating group) is 1. The Morgan fingerprint density at radius 1 is 1.06 bits per heavy atom. The maximum absolute atomic E-state index is 3.51. The molecule has 2 aliphatic rings. The molecule has 2 rings (SSSR count). The van der Waals surface area contributed by atoms with Gasteiger partial charge in [0.15, 0.2) is 0 Å². The summed E-state index contributed by atoms with van der Waals surface area (Å²) in [4.78, 5) is 5.00. The Bertz CT molecular complexity index is 199. The minimum absolute atomic E-state index is 0.786. The highest BCUT2D eigenvalue weighted by molar-refractivity contribution is 4.79. The standard InChI is InChI=1S/C13H27N3/c1-15-8-5-12(6-9-15)3-4-13-11-14-7-10-16(13)2/h12-14H,3-11H2,1-2H3. The normalized spacial score (nSPS) is 30.8. The molecule has 0 aromatic rings. The predicted octanol–water partition coefficient (Wildman–Crippen LogP) is 1.01. The topological polar surface area (TPSA) is 18.5 Å². The zero-order valence-corrected chi connectivity index (χ0v) is 10.9. The molecule has 0 amide bonds. The zero-order chi connectivity index (χ0) is 11.4. The largest absolute Gasteiger partial charge is 0.314 e.